The number of aliphatic hydroxyl groups excluding tert-OH is 1. The van der Waals surface area contributed by atoms with Crippen LogP contribution in [0, 0.1) is 0 Å². The number of nitrogens with zero attached hydrogens (tertiary/aromatic N) is 2. The first-order chi connectivity index (χ1) is 12.0. The van der Waals surface area contributed by atoms with Crippen molar-refractivity contribution >= 4 is 17.4 Å². The molecule has 0 atom stereocenters. The van der Waals surface area contributed by atoms with E-state index in [1.165, 1.54) is 5.56 Å². The Balaban J connectivity index is 1.83. The monoisotopic (exact) mass is 343 g/mol. The molecule has 0 saturated heterocycles. The largest absolute Gasteiger partial charge is 0.484 e. The Morgan fingerprint density at radius 2 is 1.96 bits per heavy atom. The van der Waals surface area contributed by atoms with Crippen LogP contribution >= 0.6 is 0 Å². The fourth-order valence-corrected chi connectivity index (χ4v) is 2.25. The van der Waals surface area contributed by atoms with Gasteiger partial charge in [-0.1, -0.05) is 26.0 Å². The Morgan fingerprint density at radius 3 is 2.52 bits per heavy atom. The first kappa shape index (κ1) is 18.7. The maximum atomic E-state index is 12.0. The number of anilines is 2. The van der Waals surface area contributed by atoms with E-state index in [1.54, 1.807) is 18.3 Å². The molecule has 0 spiro atoms. The summed E-state index contributed by atoms with van der Waals surface area (Å²) < 4.78 is 5.50. The lowest BCUT2D eigenvalue weighted by atomic mass is 10.0. The lowest BCUT2D eigenvalue weighted by Gasteiger charge is -2.16. The van der Waals surface area contributed by atoms with Gasteiger partial charge in [-0.05, 0) is 35.7 Å². The highest BCUT2D eigenvalue weighted by Gasteiger charge is 2.06. The molecule has 2 aromatic rings. The maximum absolute atomic E-state index is 12.0. The molecule has 0 aliphatic heterocycles. The predicted molar refractivity (Wildman–Crippen MR) is 99.2 cm³/mol. The summed E-state index contributed by atoms with van der Waals surface area (Å²) in [5, 5.41) is 11.7. The minimum Gasteiger partial charge on any atom is -0.484 e. The van der Waals surface area contributed by atoms with Crippen molar-refractivity contribution < 1.29 is 14.6 Å². The third kappa shape index (κ3) is 5.76. The third-order valence-electron chi connectivity index (χ3n) is 3.77. The molecule has 0 unspecified atom stereocenters. The number of rotatable bonds is 8. The van der Waals surface area contributed by atoms with Crippen LogP contribution in [0.4, 0.5) is 11.5 Å². The zero-order chi connectivity index (χ0) is 18.2. The van der Waals surface area contributed by atoms with Crippen molar-refractivity contribution in [1.82, 2.24) is 4.98 Å². The van der Waals surface area contributed by atoms with Gasteiger partial charge >= 0.3 is 0 Å². The Morgan fingerprint density at radius 1 is 1.24 bits per heavy atom. The molecule has 0 bridgehead atoms. The van der Waals surface area contributed by atoms with Crippen LogP contribution in [0.25, 0.3) is 0 Å². The van der Waals surface area contributed by atoms with Crippen LogP contribution in [-0.2, 0) is 4.79 Å². The van der Waals surface area contributed by atoms with Crippen molar-refractivity contribution in [1.29, 1.82) is 0 Å². The standard InChI is InChI=1S/C19H25N3O3/c1-14(2)15-4-7-17(8-5-15)25-13-19(24)21-16-6-9-18(20-12-16)22(3)10-11-23/h4-9,12,14,23H,10-11,13H2,1-3H3,(H,21,24). The Labute approximate surface area is 148 Å². The van der Waals surface area contributed by atoms with E-state index in [0.29, 0.717) is 23.9 Å². The van der Waals surface area contributed by atoms with Gasteiger partial charge in [0.1, 0.15) is 11.6 Å². The summed E-state index contributed by atoms with van der Waals surface area (Å²) >= 11 is 0. The van der Waals surface area contributed by atoms with Crippen LogP contribution in [0.3, 0.4) is 0 Å². The van der Waals surface area contributed by atoms with Crippen LogP contribution in [0.1, 0.15) is 25.3 Å². The molecule has 1 aromatic heterocycles. The number of pyridine rings is 1. The van der Waals surface area contributed by atoms with Crippen LogP contribution in [0.5, 0.6) is 5.75 Å². The molecule has 0 fully saturated rings. The highest BCUT2D eigenvalue weighted by Crippen LogP contribution is 2.18. The number of ether oxygens (including phenoxy) is 1. The Kier molecular flexibility index (Phi) is 6.77. The van der Waals surface area contributed by atoms with E-state index >= 15 is 0 Å². The van der Waals surface area contributed by atoms with Gasteiger partial charge in [0.05, 0.1) is 18.5 Å². The quantitative estimate of drug-likeness (QED) is 0.771. The van der Waals surface area contributed by atoms with Gasteiger partial charge in [0.15, 0.2) is 6.61 Å². The molecule has 0 saturated carbocycles. The number of benzene rings is 1. The summed E-state index contributed by atoms with van der Waals surface area (Å²) in [4.78, 5) is 18.1. The molecule has 6 nitrogen and oxygen atoms in total. The number of hydrogen-bond acceptors (Lipinski definition) is 5. The molecule has 1 aromatic carbocycles. The zero-order valence-corrected chi connectivity index (χ0v) is 14.9. The van der Waals surface area contributed by atoms with Crippen LogP contribution in [0.15, 0.2) is 42.6 Å². The van der Waals surface area contributed by atoms with Gasteiger partial charge < -0.3 is 20.1 Å². The third-order valence-corrected chi connectivity index (χ3v) is 3.77. The molecule has 1 heterocycles. The van der Waals surface area contributed by atoms with Gasteiger partial charge in [-0.3, -0.25) is 4.79 Å². The van der Waals surface area contributed by atoms with Crippen LogP contribution in [0.2, 0.25) is 0 Å². The van der Waals surface area contributed by atoms with E-state index < -0.39 is 0 Å². The predicted octanol–water partition coefficient (Wildman–Crippen LogP) is 2.65. The normalized spacial score (nSPS) is 10.6. The lowest BCUT2D eigenvalue weighted by molar-refractivity contribution is -0.118. The fraction of sp³-hybridized carbons (Fsp3) is 0.368. The van der Waals surface area contributed by atoms with Crippen molar-refractivity contribution in [2.75, 3.05) is 37.0 Å². The van der Waals surface area contributed by atoms with E-state index in [4.69, 9.17) is 9.84 Å². The van der Waals surface area contributed by atoms with E-state index in [9.17, 15) is 4.79 Å². The summed E-state index contributed by atoms with van der Waals surface area (Å²) in [6, 6.07) is 11.3. The summed E-state index contributed by atoms with van der Waals surface area (Å²) in [7, 11) is 1.84. The minimum absolute atomic E-state index is 0.0617. The van der Waals surface area contributed by atoms with Crippen LogP contribution < -0.4 is 15.0 Å². The number of hydrogen-bond donors (Lipinski definition) is 2. The second kappa shape index (κ2) is 9.03. The van der Waals surface area contributed by atoms with E-state index in [-0.39, 0.29) is 19.1 Å². The molecule has 0 aliphatic rings. The summed E-state index contributed by atoms with van der Waals surface area (Å²) in [6.07, 6.45) is 1.58. The number of aromatic nitrogens is 1. The molecule has 1 amide bonds. The SMILES string of the molecule is CC(C)c1ccc(OCC(=O)Nc2ccc(N(C)CCO)nc2)cc1. The van der Waals surface area contributed by atoms with Gasteiger partial charge in [-0.15, -0.1) is 0 Å². The number of amides is 1. The number of likely N-dealkylation sites (N-methyl/N-ethyl adjacent to an activating group) is 1. The molecular formula is C19H25N3O3. The van der Waals surface area contributed by atoms with Gasteiger partial charge in [0.25, 0.3) is 5.91 Å². The van der Waals surface area contributed by atoms with Crippen molar-refractivity contribution in [3.63, 3.8) is 0 Å². The summed E-state index contributed by atoms with van der Waals surface area (Å²) in [5.74, 6) is 1.61. The summed E-state index contributed by atoms with van der Waals surface area (Å²) in [5.41, 5.74) is 1.83. The molecule has 25 heavy (non-hydrogen) atoms. The smallest absolute Gasteiger partial charge is 0.262 e. The molecule has 6 heteroatoms. The average Bonchev–Trinajstić information content (AvgIpc) is 2.61. The van der Waals surface area contributed by atoms with Crippen molar-refractivity contribution in [2.45, 2.75) is 19.8 Å². The number of carbonyl (C=O) groups excluding carboxylic acids is 1. The molecular weight excluding hydrogens is 318 g/mol. The average molecular weight is 343 g/mol. The number of aliphatic hydroxyl groups is 1. The molecule has 2 rings (SSSR count). The second-order valence-electron chi connectivity index (χ2n) is 6.11. The molecule has 0 radical (unpaired) electrons. The highest BCUT2D eigenvalue weighted by atomic mass is 16.5. The number of carbonyl (C=O) groups is 1. The van der Waals surface area contributed by atoms with E-state index in [2.05, 4.69) is 24.1 Å². The first-order valence-corrected chi connectivity index (χ1v) is 8.30. The summed E-state index contributed by atoms with van der Waals surface area (Å²) in [6.45, 7) is 4.76. The Bertz CT molecular complexity index is 669. The van der Waals surface area contributed by atoms with Crippen molar-refractivity contribution in [3.05, 3.63) is 48.2 Å². The maximum Gasteiger partial charge on any atom is 0.262 e. The van der Waals surface area contributed by atoms with Gasteiger partial charge in [0.2, 0.25) is 0 Å². The number of nitrogens with one attached hydrogen (secondary N) is 1. The molecule has 134 valence electrons. The lowest BCUT2D eigenvalue weighted by Crippen LogP contribution is -2.23. The van der Waals surface area contributed by atoms with Crippen molar-refractivity contribution in [3.8, 4) is 5.75 Å². The minimum atomic E-state index is -0.244. The highest BCUT2D eigenvalue weighted by molar-refractivity contribution is 5.91. The fourth-order valence-electron chi connectivity index (χ4n) is 2.25. The zero-order valence-electron chi connectivity index (χ0n) is 14.9. The van der Waals surface area contributed by atoms with Crippen molar-refractivity contribution in [2.24, 2.45) is 0 Å². The molecule has 2 N–H and O–H groups in total. The van der Waals surface area contributed by atoms with E-state index in [1.807, 2.05) is 36.2 Å². The van der Waals surface area contributed by atoms with Gasteiger partial charge in [-0.25, -0.2) is 4.98 Å². The van der Waals surface area contributed by atoms with Gasteiger partial charge in [-0.2, -0.15) is 0 Å². The first-order valence-electron chi connectivity index (χ1n) is 8.30. The van der Waals surface area contributed by atoms with E-state index in [0.717, 1.165) is 5.82 Å². The van der Waals surface area contributed by atoms with Crippen LogP contribution in [-0.4, -0.2) is 42.8 Å². The topological polar surface area (TPSA) is 74.7 Å². The second-order valence-corrected chi connectivity index (χ2v) is 6.11. The molecule has 0 aliphatic carbocycles. The Hall–Kier alpha value is -2.60. The van der Waals surface area contributed by atoms with Gasteiger partial charge in [0, 0.05) is 13.6 Å².